The molecule has 0 fully saturated rings. The number of hydrogen-bond acceptors (Lipinski definition) is 7. The Bertz CT molecular complexity index is 1320. The molecular weight excluding hydrogens is 492 g/mol. The number of carbonyl (C=O) groups is 1. The number of nitrogens with zero attached hydrogens (tertiary/aromatic N) is 1. The Labute approximate surface area is 209 Å². The Morgan fingerprint density at radius 2 is 1.74 bits per heavy atom. The van der Waals surface area contributed by atoms with Crippen LogP contribution in [-0.2, 0) is 10.1 Å². The summed E-state index contributed by atoms with van der Waals surface area (Å²) in [6, 6.07) is 15.4. The van der Waals surface area contributed by atoms with E-state index in [1.165, 1.54) is 49.7 Å². The fraction of sp³-hybridized carbons (Fsp3) is 0.200. The number of amides is 1. The van der Waals surface area contributed by atoms with Crippen LogP contribution in [0.1, 0.15) is 34.8 Å². The molecule has 0 atom stereocenters. The topological polar surface area (TPSA) is 103 Å². The van der Waals surface area contributed by atoms with E-state index in [0.717, 1.165) is 12.0 Å². The van der Waals surface area contributed by atoms with E-state index in [2.05, 4.69) is 10.5 Å². The molecule has 0 aliphatic heterocycles. The lowest BCUT2D eigenvalue weighted by molar-refractivity contribution is 0.0954. The molecule has 0 unspecified atom stereocenters. The number of halogens is 1. The first-order valence-corrected chi connectivity index (χ1v) is 12.5. The molecule has 0 saturated heterocycles. The average molecular weight is 517 g/mol. The van der Waals surface area contributed by atoms with Gasteiger partial charge >= 0.3 is 10.1 Å². The molecule has 10 heteroatoms. The minimum Gasteiger partial charge on any atom is -0.493 e. The molecule has 0 heterocycles. The van der Waals surface area contributed by atoms with Gasteiger partial charge in [-0.15, -0.1) is 0 Å². The van der Waals surface area contributed by atoms with E-state index in [1.54, 1.807) is 24.3 Å². The second kappa shape index (κ2) is 11.7. The van der Waals surface area contributed by atoms with Crippen LogP contribution in [0, 0.1) is 6.92 Å². The number of nitrogens with one attached hydrogen (secondary N) is 1. The van der Waals surface area contributed by atoms with Crippen molar-refractivity contribution >= 4 is 33.8 Å². The molecule has 1 amide bonds. The first kappa shape index (κ1) is 26.1. The van der Waals surface area contributed by atoms with E-state index in [1.807, 2.05) is 13.8 Å². The molecule has 0 saturated carbocycles. The maximum atomic E-state index is 12.7. The standard InChI is InChI=1S/C25H25ClN2O6S/c1-4-13-33-23-11-7-18(15-24(23)32-3)25(29)28-27-16-19-14-20(26)8-12-22(19)34-35(30,31)21-9-5-17(2)6-10-21/h5-12,14-16H,4,13H2,1-3H3,(H,28,29)/b27-16+. The quantitative estimate of drug-likeness (QED) is 0.231. The molecule has 3 aromatic rings. The van der Waals surface area contributed by atoms with Gasteiger partial charge in [-0.25, -0.2) is 5.43 Å². The van der Waals surface area contributed by atoms with E-state index >= 15 is 0 Å². The van der Waals surface area contributed by atoms with E-state index < -0.39 is 16.0 Å². The van der Waals surface area contributed by atoms with Crippen molar-refractivity contribution in [2.45, 2.75) is 25.2 Å². The van der Waals surface area contributed by atoms with Gasteiger partial charge in [-0.05, 0) is 61.9 Å². The lowest BCUT2D eigenvalue weighted by atomic mass is 10.2. The molecule has 0 radical (unpaired) electrons. The van der Waals surface area contributed by atoms with Gasteiger partial charge in [0.1, 0.15) is 4.90 Å². The molecule has 0 aliphatic rings. The number of rotatable bonds is 10. The minimum absolute atomic E-state index is 0.00655. The second-order valence-corrected chi connectivity index (χ2v) is 9.43. The van der Waals surface area contributed by atoms with Crippen molar-refractivity contribution in [2.75, 3.05) is 13.7 Å². The zero-order valence-electron chi connectivity index (χ0n) is 19.4. The lowest BCUT2D eigenvalue weighted by Crippen LogP contribution is -2.18. The number of carbonyl (C=O) groups excluding carboxylic acids is 1. The fourth-order valence-electron chi connectivity index (χ4n) is 2.93. The second-order valence-electron chi connectivity index (χ2n) is 7.45. The number of hydrogen-bond donors (Lipinski definition) is 1. The van der Waals surface area contributed by atoms with Gasteiger partial charge in [0.25, 0.3) is 5.91 Å². The van der Waals surface area contributed by atoms with Crippen LogP contribution < -0.4 is 19.1 Å². The van der Waals surface area contributed by atoms with Gasteiger partial charge in [-0.2, -0.15) is 13.5 Å². The number of aryl methyl sites for hydroxylation is 1. The van der Waals surface area contributed by atoms with Crippen LogP contribution in [0.4, 0.5) is 0 Å². The molecule has 0 spiro atoms. The van der Waals surface area contributed by atoms with Crippen molar-refractivity contribution in [1.29, 1.82) is 0 Å². The largest absolute Gasteiger partial charge is 0.493 e. The third-order valence-corrected chi connectivity index (χ3v) is 6.22. The maximum Gasteiger partial charge on any atom is 0.339 e. The first-order chi connectivity index (χ1) is 16.7. The smallest absolute Gasteiger partial charge is 0.339 e. The zero-order valence-corrected chi connectivity index (χ0v) is 21.0. The number of ether oxygens (including phenoxy) is 2. The lowest BCUT2D eigenvalue weighted by Gasteiger charge is -2.11. The van der Waals surface area contributed by atoms with E-state index in [9.17, 15) is 13.2 Å². The fourth-order valence-corrected chi connectivity index (χ4v) is 4.07. The molecule has 8 nitrogen and oxygen atoms in total. The SMILES string of the molecule is CCCOc1ccc(C(=O)N/N=C/c2cc(Cl)ccc2OS(=O)(=O)c2ccc(C)cc2)cc1OC. The highest BCUT2D eigenvalue weighted by Gasteiger charge is 2.18. The minimum atomic E-state index is -4.09. The molecule has 35 heavy (non-hydrogen) atoms. The van der Waals surface area contributed by atoms with E-state index in [-0.39, 0.29) is 16.2 Å². The highest BCUT2D eigenvalue weighted by molar-refractivity contribution is 7.87. The molecule has 184 valence electrons. The Kier molecular flexibility index (Phi) is 8.73. The van der Waals surface area contributed by atoms with Crippen LogP contribution in [-0.4, -0.2) is 34.3 Å². The van der Waals surface area contributed by atoms with Gasteiger partial charge in [-0.1, -0.05) is 36.2 Å². The summed E-state index contributed by atoms with van der Waals surface area (Å²) in [7, 11) is -2.60. The van der Waals surface area contributed by atoms with Gasteiger partial charge in [-0.3, -0.25) is 4.79 Å². The monoisotopic (exact) mass is 516 g/mol. The Hall–Kier alpha value is -3.56. The summed E-state index contributed by atoms with van der Waals surface area (Å²) < 4.78 is 41.6. The van der Waals surface area contributed by atoms with E-state index in [0.29, 0.717) is 28.7 Å². The number of hydrazone groups is 1. The van der Waals surface area contributed by atoms with Crippen molar-refractivity contribution in [1.82, 2.24) is 5.43 Å². The predicted molar refractivity (Wildman–Crippen MR) is 134 cm³/mol. The van der Waals surface area contributed by atoms with Crippen molar-refractivity contribution < 1.29 is 26.9 Å². The number of methoxy groups -OCH3 is 1. The molecule has 1 N–H and O–H groups in total. The van der Waals surface area contributed by atoms with Gasteiger partial charge < -0.3 is 13.7 Å². The Balaban J connectivity index is 1.76. The predicted octanol–water partition coefficient (Wildman–Crippen LogP) is 4.98. The Morgan fingerprint density at radius 3 is 2.43 bits per heavy atom. The van der Waals surface area contributed by atoms with Gasteiger partial charge in [0.15, 0.2) is 17.2 Å². The zero-order chi connectivity index (χ0) is 25.4. The van der Waals surface area contributed by atoms with Crippen LogP contribution in [0.5, 0.6) is 17.2 Å². The summed E-state index contributed by atoms with van der Waals surface area (Å²) in [5.74, 6) is 0.456. The summed E-state index contributed by atoms with van der Waals surface area (Å²) in [5.41, 5.74) is 3.87. The molecule has 0 aromatic heterocycles. The van der Waals surface area contributed by atoms with Crippen LogP contribution in [0.15, 0.2) is 70.7 Å². The average Bonchev–Trinajstić information content (AvgIpc) is 2.84. The van der Waals surface area contributed by atoms with Crippen molar-refractivity contribution in [3.05, 3.63) is 82.4 Å². The van der Waals surface area contributed by atoms with Crippen molar-refractivity contribution in [2.24, 2.45) is 5.10 Å². The van der Waals surface area contributed by atoms with Gasteiger partial charge in [0.05, 0.1) is 19.9 Å². The highest BCUT2D eigenvalue weighted by atomic mass is 35.5. The summed E-state index contributed by atoms with van der Waals surface area (Å²) in [4.78, 5) is 12.6. The molecule has 3 aromatic carbocycles. The van der Waals surface area contributed by atoms with Crippen LogP contribution in [0.25, 0.3) is 0 Å². The summed E-state index contributed by atoms with van der Waals surface area (Å²) in [5, 5.41) is 4.27. The first-order valence-electron chi connectivity index (χ1n) is 10.7. The maximum absolute atomic E-state index is 12.7. The van der Waals surface area contributed by atoms with Crippen LogP contribution >= 0.6 is 11.6 Å². The van der Waals surface area contributed by atoms with Gasteiger partial charge in [0, 0.05) is 16.1 Å². The summed E-state index contributed by atoms with van der Waals surface area (Å²) >= 11 is 6.06. The van der Waals surface area contributed by atoms with Crippen molar-refractivity contribution in [3.8, 4) is 17.2 Å². The van der Waals surface area contributed by atoms with Crippen LogP contribution in [0.3, 0.4) is 0 Å². The normalized spacial score (nSPS) is 11.3. The molecular formula is C25H25ClN2O6S. The molecule has 3 rings (SSSR count). The van der Waals surface area contributed by atoms with Crippen molar-refractivity contribution in [3.63, 3.8) is 0 Å². The summed E-state index contributed by atoms with van der Waals surface area (Å²) in [6.07, 6.45) is 2.08. The third-order valence-electron chi connectivity index (χ3n) is 4.74. The highest BCUT2D eigenvalue weighted by Crippen LogP contribution is 2.28. The van der Waals surface area contributed by atoms with Crippen LogP contribution in [0.2, 0.25) is 5.02 Å². The number of benzene rings is 3. The van der Waals surface area contributed by atoms with E-state index in [4.69, 9.17) is 25.3 Å². The Morgan fingerprint density at radius 1 is 1.03 bits per heavy atom. The molecule has 0 aliphatic carbocycles. The van der Waals surface area contributed by atoms with Gasteiger partial charge in [0.2, 0.25) is 0 Å². The molecule has 0 bridgehead atoms. The summed E-state index contributed by atoms with van der Waals surface area (Å²) in [6.45, 7) is 4.36. The third kappa shape index (κ3) is 6.97.